The summed E-state index contributed by atoms with van der Waals surface area (Å²) in [4.78, 5) is 27.8. The Morgan fingerprint density at radius 3 is 2.75 bits per heavy atom. The van der Waals surface area contributed by atoms with Crippen LogP contribution in [0.1, 0.15) is 10.4 Å². The van der Waals surface area contributed by atoms with Crippen LogP contribution in [0.5, 0.6) is 5.75 Å². The molecule has 1 amide bonds. The Kier molecular flexibility index (Phi) is 6.27. The van der Waals surface area contributed by atoms with Crippen molar-refractivity contribution in [3.8, 4) is 11.4 Å². The van der Waals surface area contributed by atoms with Gasteiger partial charge in [0.1, 0.15) is 18.4 Å². The summed E-state index contributed by atoms with van der Waals surface area (Å²) in [5, 5.41) is 7.26. The summed E-state index contributed by atoms with van der Waals surface area (Å²) in [6.45, 7) is -0.251. The molecule has 0 fully saturated rings. The van der Waals surface area contributed by atoms with Gasteiger partial charge in [0.05, 0.1) is 28.5 Å². The minimum atomic E-state index is -0.466. The zero-order valence-electron chi connectivity index (χ0n) is 14.6. The molecule has 0 aliphatic heterocycles. The Morgan fingerprint density at radius 2 is 2.07 bits per heavy atom. The molecule has 0 atom stereocenters. The third kappa shape index (κ3) is 4.68. The van der Waals surface area contributed by atoms with E-state index in [0.717, 1.165) is 0 Å². The maximum atomic E-state index is 12.3. The van der Waals surface area contributed by atoms with E-state index in [0.29, 0.717) is 32.2 Å². The third-order valence-corrected chi connectivity index (χ3v) is 4.46. The number of hydrogen-bond acceptors (Lipinski definition) is 6. The topological polar surface area (TPSA) is 95.3 Å². The molecule has 8 nitrogen and oxygen atoms in total. The van der Waals surface area contributed by atoms with Crippen LogP contribution >= 0.6 is 27.5 Å². The molecular formula is C18H14BrClN4O4. The van der Waals surface area contributed by atoms with Crippen LogP contribution in [0.4, 0.5) is 5.69 Å². The van der Waals surface area contributed by atoms with Gasteiger partial charge >= 0.3 is 5.97 Å². The predicted molar refractivity (Wildman–Crippen MR) is 106 cm³/mol. The molecule has 0 aliphatic carbocycles. The van der Waals surface area contributed by atoms with Gasteiger partial charge in [-0.25, -0.2) is 14.5 Å². The Labute approximate surface area is 173 Å². The van der Waals surface area contributed by atoms with Gasteiger partial charge in [0.15, 0.2) is 6.61 Å². The van der Waals surface area contributed by atoms with Crippen molar-refractivity contribution >= 4 is 45.1 Å². The maximum absolute atomic E-state index is 12.3. The van der Waals surface area contributed by atoms with E-state index in [-0.39, 0.29) is 6.61 Å². The molecule has 0 bridgehead atoms. The molecule has 0 unspecified atom stereocenters. The van der Waals surface area contributed by atoms with Crippen molar-refractivity contribution in [2.24, 2.45) is 0 Å². The van der Waals surface area contributed by atoms with Crippen molar-refractivity contribution in [1.29, 1.82) is 0 Å². The van der Waals surface area contributed by atoms with Crippen LogP contribution in [0.25, 0.3) is 5.69 Å². The van der Waals surface area contributed by atoms with Gasteiger partial charge in [0, 0.05) is 5.02 Å². The van der Waals surface area contributed by atoms with Crippen LogP contribution in [-0.4, -0.2) is 40.4 Å². The first-order valence-corrected chi connectivity index (χ1v) is 9.10. The highest BCUT2D eigenvalue weighted by molar-refractivity contribution is 9.10. The van der Waals surface area contributed by atoms with Gasteiger partial charge in [-0.15, -0.1) is 0 Å². The van der Waals surface area contributed by atoms with Crippen LogP contribution in [0.2, 0.25) is 5.02 Å². The lowest BCUT2D eigenvalue weighted by molar-refractivity contribution is -0.118. The number of carbonyl (C=O) groups is 2. The molecule has 0 spiro atoms. The molecule has 0 aliphatic rings. The molecule has 3 rings (SSSR count). The van der Waals surface area contributed by atoms with Gasteiger partial charge in [-0.05, 0) is 52.3 Å². The van der Waals surface area contributed by atoms with Gasteiger partial charge in [-0.1, -0.05) is 11.6 Å². The van der Waals surface area contributed by atoms with Crippen LogP contribution in [0, 0.1) is 0 Å². The van der Waals surface area contributed by atoms with E-state index in [1.54, 1.807) is 36.4 Å². The molecule has 1 N–H and O–H groups in total. The quantitative estimate of drug-likeness (QED) is 0.560. The molecule has 3 aromatic rings. The summed E-state index contributed by atoms with van der Waals surface area (Å²) in [5.41, 5.74) is 1.44. The average molecular weight is 466 g/mol. The minimum Gasteiger partial charge on any atom is -0.483 e. The van der Waals surface area contributed by atoms with Crippen LogP contribution in [0.15, 0.2) is 53.5 Å². The highest BCUT2D eigenvalue weighted by Crippen LogP contribution is 2.27. The van der Waals surface area contributed by atoms with Crippen molar-refractivity contribution in [3.05, 3.63) is 64.1 Å². The number of rotatable bonds is 6. The molecule has 10 heteroatoms. The molecule has 0 saturated carbocycles. The summed E-state index contributed by atoms with van der Waals surface area (Å²) in [6.07, 6.45) is 2.90. The van der Waals surface area contributed by atoms with Gasteiger partial charge in [0.2, 0.25) is 0 Å². The number of esters is 1. The predicted octanol–water partition coefficient (Wildman–Crippen LogP) is 3.49. The summed E-state index contributed by atoms with van der Waals surface area (Å²) >= 11 is 9.34. The summed E-state index contributed by atoms with van der Waals surface area (Å²) < 4.78 is 12.2. The van der Waals surface area contributed by atoms with Crippen molar-refractivity contribution in [1.82, 2.24) is 14.8 Å². The standard InChI is InChI=1S/C18H14BrClN4O4/c1-27-18(26)11-2-5-16(13(19)6-11)28-8-17(25)23-14-7-12(20)3-4-15(14)24-10-21-9-22-24/h2-7,9-10H,8H2,1H3,(H,23,25). The molecule has 2 aromatic carbocycles. The lowest BCUT2D eigenvalue weighted by atomic mass is 10.2. The molecule has 1 heterocycles. The lowest BCUT2D eigenvalue weighted by Gasteiger charge is -2.13. The molecule has 28 heavy (non-hydrogen) atoms. The maximum Gasteiger partial charge on any atom is 0.337 e. The van der Waals surface area contributed by atoms with E-state index < -0.39 is 11.9 Å². The fourth-order valence-corrected chi connectivity index (χ4v) is 3.00. The Bertz CT molecular complexity index is 1010. The number of ether oxygens (including phenoxy) is 2. The molecule has 1 aromatic heterocycles. The first-order chi connectivity index (χ1) is 13.5. The summed E-state index contributed by atoms with van der Waals surface area (Å²) in [7, 11) is 1.30. The van der Waals surface area contributed by atoms with Crippen LogP contribution < -0.4 is 10.1 Å². The third-order valence-electron chi connectivity index (χ3n) is 3.61. The fraction of sp³-hybridized carbons (Fsp3) is 0.111. The fourth-order valence-electron chi connectivity index (χ4n) is 2.33. The molecule has 144 valence electrons. The number of carbonyl (C=O) groups excluding carboxylic acids is 2. The van der Waals surface area contributed by atoms with Gasteiger partial charge in [-0.2, -0.15) is 5.10 Å². The number of methoxy groups -OCH3 is 1. The average Bonchev–Trinajstić information content (AvgIpc) is 3.21. The van der Waals surface area contributed by atoms with E-state index >= 15 is 0 Å². The normalized spacial score (nSPS) is 10.4. The second-order valence-corrected chi connectivity index (χ2v) is 6.77. The lowest BCUT2D eigenvalue weighted by Crippen LogP contribution is -2.21. The number of hydrogen-bond donors (Lipinski definition) is 1. The van der Waals surface area contributed by atoms with Crippen molar-refractivity contribution < 1.29 is 19.1 Å². The zero-order chi connectivity index (χ0) is 20.1. The van der Waals surface area contributed by atoms with Crippen molar-refractivity contribution in [3.63, 3.8) is 0 Å². The zero-order valence-corrected chi connectivity index (χ0v) is 16.9. The first-order valence-electron chi connectivity index (χ1n) is 7.93. The van der Waals surface area contributed by atoms with Gasteiger partial charge < -0.3 is 14.8 Å². The van der Waals surface area contributed by atoms with E-state index in [2.05, 4.69) is 36.1 Å². The van der Waals surface area contributed by atoms with E-state index in [4.69, 9.17) is 16.3 Å². The Balaban J connectivity index is 1.69. The second kappa shape index (κ2) is 8.85. The summed E-state index contributed by atoms with van der Waals surface area (Å²) in [6, 6.07) is 9.68. The number of benzene rings is 2. The highest BCUT2D eigenvalue weighted by atomic mass is 79.9. The molecular weight excluding hydrogens is 452 g/mol. The SMILES string of the molecule is COC(=O)c1ccc(OCC(=O)Nc2cc(Cl)ccc2-n2cncn2)c(Br)c1. The molecule has 0 radical (unpaired) electrons. The second-order valence-electron chi connectivity index (χ2n) is 5.48. The monoisotopic (exact) mass is 464 g/mol. The van der Waals surface area contributed by atoms with Crippen molar-refractivity contribution in [2.45, 2.75) is 0 Å². The number of halogens is 2. The number of aromatic nitrogens is 3. The Hall–Kier alpha value is -2.91. The van der Waals surface area contributed by atoms with Crippen LogP contribution in [-0.2, 0) is 9.53 Å². The van der Waals surface area contributed by atoms with E-state index in [1.165, 1.54) is 24.4 Å². The van der Waals surface area contributed by atoms with Crippen LogP contribution in [0.3, 0.4) is 0 Å². The van der Waals surface area contributed by atoms with Crippen molar-refractivity contribution in [2.75, 3.05) is 19.0 Å². The van der Waals surface area contributed by atoms with E-state index in [1.807, 2.05) is 0 Å². The minimum absolute atomic E-state index is 0.251. The smallest absolute Gasteiger partial charge is 0.337 e. The number of nitrogens with one attached hydrogen (secondary N) is 1. The number of anilines is 1. The van der Waals surface area contributed by atoms with Gasteiger partial charge in [0.25, 0.3) is 5.91 Å². The largest absolute Gasteiger partial charge is 0.483 e. The number of amides is 1. The molecule has 0 saturated heterocycles. The van der Waals surface area contributed by atoms with E-state index in [9.17, 15) is 9.59 Å². The Morgan fingerprint density at radius 1 is 1.25 bits per heavy atom. The number of nitrogens with zero attached hydrogens (tertiary/aromatic N) is 3. The van der Waals surface area contributed by atoms with Gasteiger partial charge in [-0.3, -0.25) is 4.79 Å². The summed E-state index contributed by atoms with van der Waals surface area (Å²) in [5.74, 6) is -0.454. The highest BCUT2D eigenvalue weighted by Gasteiger charge is 2.13. The first kappa shape index (κ1) is 19.8.